The van der Waals surface area contributed by atoms with Crippen molar-refractivity contribution in [2.24, 2.45) is 0 Å². The quantitative estimate of drug-likeness (QED) is 0.605. The zero-order valence-electron chi connectivity index (χ0n) is 9.22. The fourth-order valence-electron chi connectivity index (χ4n) is 2.04. The van der Waals surface area contributed by atoms with Crippen LogP contribution < -0.4 is 10.2 Å². The van der Waals surface area contributed by atoms with Gasteiger partial charge in [-0.2, -0.15) is 0 Å². The monoisotopic (exact) mass is 221 g/mol. The highest BCUT2D eigenvalue weighted by Gasteiger charge is 2.22. The van der Waals surface area contributed by atoms with Crippen LogP contribution in [0.25, 0.3) is 0 Å². The number of nitro groups is 1. The summed E-state index contributed by atoms with van der Waals surface area (Å²) in [4.78, 5) is 12.7. The fourth-order valence-corrected chi connectivity index (χ4v) is 2.04. The van der Waals surface area contributed by atoms with Gasteiger partial charge in [0, 0.05) is 31.7 Å². The van der Waals surface area contributed by atoms with Gasteiger partial charge in [-0.05, 0) is 13.0 Å². The Kier molecular flexibility index (Phi) is 3.05. The van der Waals surface area contributed by atoms with E-state index in [0.717, 1.165) is 25.3 Å². The van der Waals surface area contributed by atoms with Crippen molar-refractivity contribution in [2.75, 3.05) is 24.5 Å². The van der Waals surface area contributed by atoms with Crippen LogP contribution in [0.15, 0.2) is 24.3 Å². The maximum atomic E-state index is 10.9. The lowest BCUT2D eigenvalue weighted by Crippen LogP contribution is -2.49. The minimum absolute atomic E-state index is 0.191. The maximum absolute atomic E-state index is 10.9. The lowest BCUT2D eigenvalue weighted by Gasteiger charge is -2.33. The number of rotatable bonds is 2. The SMILES string of the molecule is CC1CN(c2ccccc2[N+](=O)[O-])CCN1. The van der Waals surface area contributed by atoms with Gasteiger partial charge in [0.15, 0.2) is 0 Å². The van der Waals surface area contributed by atoms with Crippen LogP contribution in [0.1, 0.15) is 6.92 Å². The number of nitrogens with one attached hydrogen (secondary N) is 1. The Morgan fingerprint density at radius 2 is 2.25 bits per heavy atom. The van der Waals surface area contributed by atoms with Gasteiger partial charge < -0.3 is 10.2 Å². The molecule has 1 aromatic rings. The molecule has 2 rings (SSSR count). The van der Waals surface area contributed by atoms with Gasteiger partial charge in [-0.15, -0.1) is 0 Å². The molecule has 1 saturated heterocycles. The van der Waals surface area contributed by atoms with E-state index in [9.17, 15) is 10.1 Å². The number of nitrogens with zero attached hydrogens (tertiary/aromatic N) is 2. The van der Waals surface area contributed by atoms with Gasteiger partial charge in [0.1, 0.15) is 5.69 Å². The van der Waals surface area contributed by atoms with Crippen molar-refractivity contribution in [3.8, 4) is 0 Å². The molecule has 1 aliphatic heterocycles. The molecule has 1 aromatic carbocycles. The van der Waals surface area contributed by atoms with Crippen molar-refractivity contribution in [1.82, 2.24) is 5.32 Å². The first-order valence-electron chi connectivity index (χ1n) is 5.40. The second-order valence-corrected chi connectivity index (χ2v) is 4.05. The van der Waals surface area contributed by atoms with Crippen molar-refractivity contribution in [3.05, 3.63) is 34.4 Å². The third-order valence-electron chi connectivity index (χ3n) is 2.79. The van der Waals surface area contributed by atoms with E-state index >= 15 is 0 Å². The van der Waals surface area contributed by atoms with Gasteiger partial charge >= 0.3 is 0 Å². The number of hydrogen-bond donors (Lipinski definition) is 1. The lowest BCUT2D eigenvalue weighted by atomic mass is 10.2. The number of anilines is 1. The Bertz CT molecular complexity index is 395. The predicted molar refractivity (Wildman–Crippen MR) is 62.8 cm³/mol. The molecule has 0 aromatic heterocycles. The standard InChI is InChI=1S/C11H15N3O2/c1-9-8-13(7-6-12-9)10-4-2-3-5-11(10)14(15)16/h2-5,9,12H,6-8H2,1H3. The van der Waals surface area contributed by atoms with Crippen LogP contribution in [0.3, 0.4) is 0 Å². The number of hydrogen-bond acceptors (Lipinski definition) is 4. The molecule has 1 unspecified atom stereocenters. The van der Waals surface area contributed by atoms with Crippen LogP contribution >= 0.6 is 0 Å². The highest BCUT2D eigenvalue weighted by molar-refractivity contribution is 5.63. The molecule has 16 heavy (non-hydrogen) atoms. The van der Waals surface area contributed by atoms with Gasteiger partial charge in [-0.25, -0.2) is 0 Å². The molecule has 1 heterocycles. The summed E-state index contributed by atoms with van der Waals surface area (Å²) in [5.74, 6) is 0. The number of nitro benzene ring substituents is 1. The van der Waals surface area contributed by atoms with Crippen molar-refractivity contribution in [1.29, 1.82) is 0 Å². The normalized spacial score (nSPS) is 20.8. The number of para-hydroxylation sites is 2. The molecule has 1 atom stereocenters. The molecule has 1 fully saturated rings. The van der Waals surface area contributed by atoms with Crippen molar-refractivity contribution in [3.63, 3.8) is 0 Å². The Labute approximate surface area is 94.2 Å². The molecule has 0 amide bonds. The van der Waals surface area contributed by atoms with E-state index in [-0.39, 0.29) is 10.6 Å². The summed E-state index contributed by atoms with van der Waals surface area (Å²) in [6.45, 7) is 4.58. The average molecular weight is 221 g/mol. The fraction of sp³-hybridized carbons (Fsp3) is 0.455. The van der Waals surface area contributed by atoms with E-state index in [0.29, 0.717) is 6.04 Å². The number of benzene rings is 1. The van der Waals surface area contributed by atoms with Crippen molar-refractivity contribution >= 4 is 11.4 Å². The van der Waals surface area contributed by atoms with E-state index in [1.165, 1.54) is 0 Å². The number of piperazine rings is 1. The smallest absolute Gasteiger partial charge is 0.292 e. The molecule has 1 N–H and O–H groups in total. The first kappa shape index (κ1) is 10.9. The minimum Gasteiger partial charge on any atom is -0.363 e. The van der Waals surface area contributed by atoms with Gasteiger partial charge in [0.2, 0.25) is 0 Å². The second kappa shape index (κ2) is 4.49. The molecule has 86 valence electrons. The van der Waals surface area contributed by atoms with Crippen LogP contribution in [0, 0.1) is 10.1 Å². The van der Waals surface area contributed by atoms with Crippen LogP contribution in [0.4, 0.5) is 11.4 Å². The summed E-state index contributed by atoms with van der Waals surface area (Å²) in [6.07, 6.45) is 0. The molecule has 0 saturated carbocycles. The van der Waals surface area contributed by atoms with E-state index in [2.05, 4.69) is 17.1 Å². The summed E-state index contributed by atoms with van der Waals surface area (Å²) >= 11 is 0. The molecule has 0 radical (unpaired) electrons. The van der Waals surface area contributed by atoms with Gasteiger partial charge in [-0.1, -0.05) is 12.1 Å². The Morgan fingerprint density at radius 1 is 1.50 bits per heavy atom. The van der Waals surface area contributed by atoms with Gasteiger partial charge in [0.05, 0.1) is 4.92 Å². The third kappa shape index (κ3) is 2.14. The molecule has 5 heteroatoms. The van der Waals surface area contributed by atoms with Crippen LogP contribution in [-0.4, -0.2) is 30.6 Å². The van der Waals surface area contributed by atoms with E-state index in [1.54, 1.807) is 12.1 Å². The largest absolute Gasteiger partial charge is 0.363 e. The molecule has 0 spiro atoms. The van der Waals surface area contributed by atoms with Crippen LogP contribution in [0.2, 0.25) is 0 Å². The first-order chi connectivity index (χ1) is 7.68. The summed E-state index contributed by atoms with van der Waals surface area (Å²) in [5, 5.41) is 14.2. The molecular formula is C11H15N3O2. The van der Waals surface area contributed by atoms with Crippen LogP contribution in [-0.2, 0) is 0 Å². The van der Waals surface area contributed by atoms with E-state index in [4.69, 9.17) is 0 Å². The zero-order valence-corrected chi connectivity index (χ0v) is 9.22. The second-order valence-electron chi connectivity index (χ2n) is 4.05. The third-order valence-corrected chi connectivity index (χ3v) is 2.79. The Hall–Kier alpha value is -1.62. The first-order valence-corrected chi connectivity index (χ1v) is 5.40. The Balaban J connectivity index is 2.28. The van der Waals surface area contributed by atoms with Gasteiger partial charge in [-0.3, -0.25) is 10.1 Å². The maximum Gasteiger partial charge on any atom is 0.292 e. The molecule has 5 nitrogen and oxygen atoms in total. The predicted octanol–water partition coefficient (Wildman–Crippen LogP) is 1.39. The summed E-state index contributed by atoms with van der Waals surface area (Å²) in [7, 11) is 0. The molecular weight excluding hydrogens is 206 g/mol. The van der Waals surface area contributed by atoms with E-state index < -0.39 is 0 Å². The average Bonchev–Trinajstić information content (AvgIpc) is 2.29. The molecule has 1 aliphatic rings. The Morgan fingerprint density at radius 3 is 2.94 bits per heavy atom. The molecule has 0 bridgehead atoms. The van der Waals surface area contributed by atoms with Crippen LogP contribution in [0.5, 0.6) is 0 Å². The zero-order chi connectivity index (χ0) is 11.5. The van der Waals surface area contributed by atoms with E-state index in [1.807, 2.05) is 12.1 Å². The summed E-state index contributed by atoms with van der Waals surface area (Å²) in [5.41, 5.74) is 0.914. The highest BCUT2D eigenvalue weighted by atomic mass is 16.6. The minimum atomic E-state index is -0.317. The topological polar surface area (TPSA) is 58.4 Å². The van der Waals surface area contributed by atoms with Crippen molar-refractivity contribution < 1.29 is 4.92 Å². The van der Waals surface area contributed by atoms with Crippen molar-refractivity contribution in [2.45, 2.75) is 13.0 Å². The van der Waals surface area contributed by atoms with Gasteiger partial charge in [0.25, 0.3) is 5.69 Å². The summed E-state index contributed by atoms with van der Waals surface area (Å²) in [6, 6.07) is 7.29. The lowest BCUT2D eigenvalue weighted by molar-refractivity contribution is -0.384. The molecule has 0 aliphatic carbocycles. The highest BCUT2D eigenvalue weighted by Crippen LogP contribution is 2.28. The summed E-state index contributed by atoms with van der Waals surface area (Å²) < 4.78 is 0.